The SMILES string of the molecule is CNCC1=C2C#C[C@@H](C)CCC[C@H]3C[C@H](O)CCc4ccc(O)c(c4)OCc4cc(Cc5ccccc5)cc5cn(cc45)C(=C2CO3)NC1N. The van der Waals surface area contributed by atoms with Crippen LogP contribution in [0.15, 0.2) is 89.8 Å². The van der Waals surface area contributed by atoms with Gasteiger partial charge in [-0.15, -0.1) is 0 Å². The molecule has 0 spiro atoms. The van der Waals surface area contributed by atoms with Crippen LogP contribution in [0.4, 0.5) is 0 Å². The molecule has 4 atom stereocenters. The van der Waals surface area contributed by atoms with Gasteiger partial charge in [-0.3, -0.25) is 0 Å². The van der Waals surface area contributed by atoms with E-state index in [1.54, 1.807) is 6.07 Å². The van der Waals surface area contributed by atoms with Crippen molar-refractivity contribution < 1.29 is 19.7 Å². The molecule has 8 nitrogen and oxygen atoms in total. The first kappa shape index (κ1) is 34.0. The predicted molar refractivity (Wildman–Crippen MR) is 198 cm³/mol. The third-order valence-electron chi connectivity index (χ3n) is 10.1. The van der Waals surface area contributed by atoms with Crippen LogP contribution in [0.5, 0.6) is 11.5 Å². The largest absolute Gasteiger partial charge is 0.504 e. The van der Waals surface area contributed by atoms with E-state index >= 15 is 0 Å². The molecule has 1 aromatic heterocycles. The van der Waals surface area contributed by atoms with Crippen molar-refractivity contribution in [2.24, 2.45) is 11.7 Å². The summed E-state index contributed by atoms with van der Waals surface area (Å²) in [6.07, 6.45) is 8.49. The molecule has 0 amide bonds. The van der Waals surface area contributed by atoms with Crippen LogP contribution in [-0.4, -0.2) is 53.4 Å². The summed E-state index contributed by atoms with van der Waals surface area (Å²) in [7, 11) is 1.92. The molecule has 50 heavy (non-hydrogen) atoms. The summed E-state index contributed by atoms with van der Waals surface area (Å²) >= 11 is 0. The first-order chi connectivity index (χ1) is 24.3. The molecule has 260 valence electrons. The van der Waals surface area contributed by atoms with Crippen LogP contribution in [-0.2, 0) is 24.2 Å². The van der Waals surface area contributed by atoms with Gasteiger partial charge in [0, 0.05) is 46.8 Å². The number of aliphatic hydroxyl groups is 1. The number of benzene rings is 3. The summed E-state index contributed by atoms with van der Waals surface area (Å²) in [6.45, 7) is 3.38. The number of phenolic OH excluding ortho intramolecular Hbond substituents is 1. The molecule has 3 aliphatic rings. The third kappa shape index (κ3) is 7.62. The second-order valence-electron chi connectivity index (χ2n) is 14.0. The van der Waals surface area contributed by atoms with Crippen molar-refractivity contribution in [2.45, 2.75) is 76.9 Å². The van der Waals surface area contributed by atoms with Crippen molar-refractivity contribution in [3.05, 3.63) is 112 Å². The number of aromatic nitrogens is 1. The van der Waals surface area contributed by atoms with E-state index in [4.69, 9.17) is 15.2 Å². The Morgan fingerprint density at radius 1 is 1.02 bits per heavy atom. The maximum Gasteiger partial charge on any atom is 0.161 e. The molecule has 0 radical (unpaired) electrons. The number of aromatic hydroxyl groups is 1. The summed E-state index contributed by atoms with van der Waals surface area (Å²) < 4.78 is 15.2. The van der Waals surface area contributed by atoms with Crippen molar-refractivity contribution in [2.75, 3.05) is 20.2 Å². The smallest absolute Gasteiger partial charge is 0.161 e. The second-order valence-corrected chi connectivity index (χ2v) is 14.0. The Hall–Kier alpha value is -4.52. The van der Waals surface area contributed by atoms with Crippen molar-refractivity contribution >= 4 is 16.6 Å². The number of aryl methyl sites for hydroxylation is 1. The van der Waals surface area contributed by atoms with Gasteiger partial charge in [0.1, 0.15) is 18.6 Å². The molecule has 1 unspecified atom stereocenters. The number of rotatable bonds is 4. The van der Waals surface area contributed by atoms with Gasteiger partial charge in [-0.25, -0.2) is 0 Å². The minimum atomic E-state index is -0.538. The average molecular weight is 673 g/mol. The van der Waals surface area contributed by atoms with E-state index in [1.807, 2.05) is 25.2 Å². The summed E-state index contributed by atoms with van der Waals surface area (Å²) in [5.41, 5.74) is 14.2. The van der Waals surface area contributed by atoms with Gasteiger partial charge in [-0.05, 0) is 98.0 Å². The molecule has 3 aromatic carbocycles. The van der Waals surface area contributed by atoms with E-state index in [0.29, 0.717) is 38.2 Å². The molecule has 4 heterocycles. The predicted octanol–water partition coefficient (Wildman–Crippen LogP) is 6.00. The van der Waals surface area contributed by atoms with Crippen LogP contribution in [0.1, 0.15) is 61.3 Å². The molecule has 7 rings (SSSR count). The Balaban J connectivity index is 1.41. The number of phenols is 1. The first-order valence-electron chi connectivity index (χ1n) is 17.9. The Bertz CT molecular complexity index is 1970. The number of fused-ring (bicyclic) bond motifs is 6. The van der Waals surface area contributed by atoms with Crippen molar-refractivity contribution in [3.63, 3.8) is 0 Å². The van der Waals surface area contributed by atoms with Gasteiger partial charge in [-0.2, -0.15) is 0 Å². The third-order valence-corrected chi connectivity index (χ3v) is 10.1. The Morgan fingerprint density at radius 3 is 2.72 bits per heavy atom. The molecule has 8 heteroatoms. The zero-order valence-corrected chi connectivity index (χ0v) is 29.0. The summed E-state index contributed by atoms with van der Waals surface area (Å²) in [5.74, 6) is 8.68. The lowest BCUT2D eigenvalue weighted by Crippen LogP contribution is -2.46. The molecule has 6 bridgehead atoms. The fourth-order valence-electron chi connectivity index (χ4n) is 7.41. The molecule has 4 aromatic rings. The Morgan fingerprint density at radius 2 is 1.88 bits per heavy atom. The van der Waals surface area contributed by atoms with Crippen LogP contribution in [0, 0.1) is 17.8 Å². The molecule has 0 saturated carbocycles. The number of likely N-dealkylation sites (N-methyl/N-ethyl adjacent to an activating group) is 1. The highest BCUT2D eigenvalue weighted by atomic mass is 16.5. The maximum absolute atomic E-state index is 11.2. The topological polar surface area (TPSA) is 114 Å². The van der Waals surface area contributed by atoms with Gasteiger partial charge >= 0.3 is 0 Å². The quantitative estimate of drug-likeness (QED) is 0.169. The fourth-order valence-corrected chi connectivity index (χ4v) is 7.41. The number of nitrogens with two attached hydrogens (primary N) is 1. The fraction of sp³-hybridized carbons (Fsp3) is 0.381. The molecule has 0 fully saturated rings. The van der Waals surface area contributed by atoms with Crippen LogP contribution < -0.4 is 21.1 Å². The van der Waals surface area contributed by atoms with E-state index < -0.39 is 12.3 Å². The molecular weight excluding hydrogens is 624 g/mol. The van der Waals surface area contributed by atoms with E-state index in [9.17, 15) is 10.2 Å². The van der Waals surface area contributed by atoms with Gasteiger partial charge in [-0.1, -0.05) is 61.2 Å². The lowest BCUT2D eigenvalue weighted by molar-refractivity contribution is 0.0167. The van der Waals surface area contributed by atoms with E-state index in [0.717, 1.165) is 70.1 Å². The first-order valence-corrected chi connectivity index (χ1v) is 17.9. The van der Waals surface area contributed by atoms with Gasteiger partial charge < -0.3 is 40.6 Å². The van der Waals surface area contributed by atoms with E-state index in [-0.39, 0.29) is 24.4 Å². The molecule has 6 N–H and O–H groups in total. The lowest BCUT2D eigenvalue weighted by atomic mass is 9.94. The van der Waals surface area contributed by atoms with Crippen molar-refractivity contribution in [1.29, 1.82) is 0 Å². The molecule has 0 saturated heterocycles. The number of dihydropyridines is 1. The minimum Gasteiger partial charge on any atom is -0.504 e. The number of nitrogens with one attached hydrogen (secondary N) is 2. The van der Waals surface area contributed by atoms with Crippen molar-refractivity contribution in [3.8, 4) is 23.3 Å². The zero-order valence-electron chi connectivity index (χ0n) is 29.0. The minimum absolute atomic E-state index is 0.0964. The highest BCUT2D eigenvalue weighted by Crippen LogP contribution is 2.34. The summed E-state index contributed by atoms with van der Waals surface area (Å²) in [6, 6.07) is 20.4. The Kier molecular flexibility index (Phi) is 10.3. The normalized spacial score (nSPS) is 23.0. The van der Waals surface area contributed by atoms with Crippen LogP contribution in [0.2, 0.25) is 0 Å². The zero-order chi connectivity index (χ0) is 34.6. The lowest BCUT2D eigenvalue weighted by Gasteiger charge is -2.32. The summed E-state index contributed by atoms with van der Waals surface area (Å²) in [5, 5.41) is 31.1. The molecule has 0 aliphatic carbocycles. The molecular formula is C42H48N4O4. The highest BCUT2D eigenvalue weighted by molar-refractivity contribution is 5.88. The number of hydrogen-bond donors (Lipinski definition) is 5. The Labute approximate surface area is 295 Å². The van der Waals surface area contributed by atoms with E-state index in [2.05, 4.69) is 82.8 Å². The van der Waals surface area contributed by atoms with Gasteiger partial charge in [0.15, 0.2) is 11.5 Å². The van der Waals surface area contributed by atoms with Crippen LogP contribution in [0.25, 0.3) is 16.6 Å². The van der Waals surface area contributed by atoms with Gasteiger partial charge in [0.25, 0.3) is 0 Å². The standard InChI is InChI=1S/C42H48N4O4/c1-27-7-6-10-34-21-33(47)14-12-29-13-16-39(48)40(20-29)50-25-32-19-30(17-28-8-4-3-5-9-28)18-31-23-46(24-37(31)32)42-38(26-49-34)35(15-11-27)36(22-44-2)41(43)45-42/h3-5,8-9,13,16,18-20,23-24,27,33-34,41,44-45,47-48H,6-7,10,12,14,17,21-22,25-26,43H2,1-2H3/t27-,33+,34-,41?/m0/s1. The highest BCUT2D eigenvalue weighted by Gasteiger charge is 2.29. The second kappa shape index (κ2) is 15.2. The number of nitrogens with zero attached hydrogens (tertiary/aromatic N) is 1. The van der Waals surface area contributed by atoms with Crippen molar-refractivity contribution in [1.82, 2.24) is 15.2 Å². The van der Waals surface area contributed by atoms with Gasteiger partial charge in [0.05, 0.1) is 18.8 Å². The number of hydrogen-bond acceptors (Lipinski definition) is 7. The monoisotopic (exact) mass is 672 g/mol. The van der Waals surface area contributed by atoms with Crippen LogP contribution in [0.3, 0.4) is 0 Å². The number of aliphatic hydroxyl groups excluding tert-OH is 1. The summed E-state index contributed by atoms with van der Waals surface area (Å²) in [4.78, 5) is 0. The van der Waals surface area contributed by atoms with Gasteiger partial charge in [0.2, 0.25) is 0 Å². The maximum atomic E-state index is 11.2. The molecule has 3 aliphatic heterocycles. The van der Waals surface area contributed by atoms with Crippen LogP contribution >= 0.6 is 0 Å². The van der Waals surface area contributed by atoms with E-state index in [1.165, 1.54) is 11.1 Å². The average Bonchev–Trinajstić information content (AvgIpc) is 3.53. The number of ether oxygens (including phenoxy) is 2.